The maximum Gasteiger partial charge on any atom is 0.0909 e. The molecule has 2 aromatic carbocycles. The number of hydrogen-bond acceptors (Lipinski definition) is 2. The summed E-state index contributed by atoms with van der Waals surface area (Å²) in [6.07, 6.45) is 1.87. The number of rotatable bonds is 5. The van der Waals surface area contributed by atoms with E-state index in [0.29, 0.717) is 0 Å². The molecule has 0 aromatic heterocycles. The molecular weight excluding hydrogens is 294 g/mol. The van der Waals surface area contributed by atoms with Crippen molar-refractivity contribution in [2.45, 2.75) is 20.8 Å². The van der Waals surface area contributed by atoms with Gasteiger partial charge in [-0.2, -0.15) is 0 Å². The van der Waals surface area contributed by atoms with Gasteiger partial charge in [-0.25, -0.2) is 4.99 Å². The lowest BCUT2D eigenvalue weighted by molar-refractivity contribution is 0.552. The second-order valence-corrected chi connectivity index (χ2v) is 5.84. The molecule has 116 valence electrons. The van der Waals surface area contributed by atoms with Gasteiger partial charge in [-0.1, -0.05) is 11.6 Å². The van der Waals surface area contributed by atoms with Crippen LogP contribution in [0.1, 0.15) is 18.1 Å². The van der Waals surface area contributed by atoms with E-state index in [-0.39, 0.29) is 0 Å². The highest BCUT2D eigenvalue weighted by atomic mass is 35.5. The first-order valence-corrected chi connectivity index (χ1v) is 7.75. The lowest BCUT2D eigenvalue weighted by Gasteiger charge is -2.13. The predicted octanol–water partition coefficient (Wildman–Crippen LogP) is 5.31. The molecule has 0 bridgehead atoms. The zero-order valence-corrected chi connectivity index (χ0v) is 14.3. The van der Waals surface area contributed by atoms with E-state index < -0.39 is 0 Å². The minimum atomic E-state index is 0.739. The average molecular weight is 316 g/mol. The van der Waals surface area contributed by atoms with Gasteiger partial charge in [0.2, 0.25) is 0 Å². The van der Waals surface area contributed by atoms with E-state index in [1.165, 1.54) is 0 Å². The largest absolute Gasteiger partial charge is 0.366 e. The van der Waals surface area contributed by atoms with E-state index in [1.54, 1.807) is 0 Å². The van der Waals surface area contributed by atoms with Crippen molar-refractivity contribution in [3.05, 3.63) is 52.5 Å². The topological polar surface area (TPSA) is 27.6 Å². The first-order valence-electron chi connectivity index (χ1n) is 7.38. The fourth-order valence-electron chi connectivity index (χ4n) is 2.01. The minimum absolute atomic E-state index is 0.739. The highest BCUT2D eigenvalue weighted by molar-refractivity contribution is 6.30. The Hall–Kier alpha value is -2.00. The highest BCUT2D eigenvalue weighted by Crippen LogP contribution is 2.29. The summed E-state index contributed by atoms with van der Waals surface area (Å²) in [6, 6.07) is 11.9. The van der Waals surface area contributed by atoms with Crippen LogP contribution in [0.15, 0.2) is 41.4 Å². The molecule has 0 unspecified atom stereocenters. The quantitative estimate of drug-likeness (QED) is 0.598. The van der Waals surface area contributed by atoms with Crippen LogP contribution in [0, 0.1) is 13.8 Å². The molecule has 0 aliphatic heterocycles. The normalized spacial score (nSPS) is 11.0. The number of nitrogens with one attached hydrogen (secondary N) is 1. The lowest BCUT2D eigenvalue weighted by Crippen LogP contribution is -2.14. The molecule has 1 N–H and O–H groups in total. The Morgan fingerprint density at radius 1 is 1.14 bits per heavy atom. The smallest absolute Gasteiger partial charge is 0.0909 e. The van der Waals surface area contributed by atoms with Crippen LogP contribution in [0.2, 0.25) is 5.02 Å². The van der Waals surface area contributed by atoms with Gasteiger partial charge in [-0.05, 0) is 68.3 Å². The van der Waals surface area contributed by atoms with Gasteiger partial charge in [0, 0.05) is 30.0 Å². The summed E-state index contributed by atoms with van der Waals surface area (Å²) < 4.78 is 0. The molecule has 0 atom stereocenters. The van der Waals surface area contributed by atoms with E-state index in [0.717, 1.165) is 39.8 Å². The van der Waals surface area contributed by atoms with Crippen molar-refractivity contribution in [2.24, 2.45) is 4.99 Å². The summed E-state index contributed by atoms with van der Waals surface area (Å²) in [5.41, 5.74) is 5.41. The highest BCUT2D eigenvalue weighted by Gasteiger charge is 2.04. The maximum atomic E-state index is 5.92. The summed E-state index contributed by atoms with van der Waals surface area (Å²) in [5, 5.41) is 4.16. The second-order valence-electron chi connectivity index (χ2n) is 5.40. The third-order valence-electron chi connectivity index (χ3n) is 3.56. The molecule has 0 radical (unpaired) electrons. The van der Waals surface area contributed by atoms with Gasteiger partial charge >= 0.3 is 0 Å². The van der Waals surface area contributed by atoms with Gasteiger partial charge in [-0.3, -0.25) is 0 Å². The number of nitrogens with zero attached hydrogens (tertiary/aromatic N) is 2. The van der Waals surface area contributed by atoms with E-state index in [4.69, 9.17) is 11.6 Å². The summed E-state index contributed by atoms with van der Waals surface area (Å²) in [4.78, 5) is 6.60. The van der Waals surface area contributed by atoms with Crippen LogP contribution in [-0.2, 0) is 0 Å². The first-order chi connectivity index (χ1) is 10.5. The molecule has 0 fully saturated rings. The monoisotopic (exact) mass is 315 g/mol. The first kappa shape index (κ1) is 16.4. The van der Waals surface area contributed by atoms with Crippen molar-refractivity contribution >= 4 is 35.0 Å². The van der Waals surface area contributed by atoms with Crippen LogP contribution in [0.5, 0.6) is 0 Å². The SMILES string of the molecule is CCN(C)C=Nc1cc(C)c(Nc2ccc(Cl)cc2)cc1C. The van der Waals surface area contributed by atoms with Crippen LogP contribution in [-0.4, -0.2) is 24.8 Å². The van der Waals surface area contributed by atoms with Crippen LogP contribution in [0.25, 0.3) is 0 Å². The van der Waals surface area contributed by atoms with E-state index in [2.05, 4.69) is 48.1 Å². The number of aliphatic imine (C=N–C) groups is 1. The van der Waals surface area contributed by atoms with Crippen molar-refractivity contribution < 1.29 is 0 Å². The molecule has 0 saturated carbocycles. The summed E-state index contributed by atoms with van der Waals surface area (Å²) >= 11 is 5.92. The third-order valence-corrected chi connectivity index (χ3v) is 3.81. The second kappa shape index (κ2) is 7.32. The van der Waals surface area contributed by atoms with Crippen molar-refractivity contribution in [3.63, 3.8) is 0 Å². The maximum absolute atomic E-state index is 5.92. The van der Waals surface area contributed by atoms with Crippen LogP contribution in [0.4, 0.5) is 17.1 Å². The molecule has 3 nitrogen and oxygen atoms in total. The Labute approximate surface area is 137 Å². The fraction of sp³-hybridized carbons (Fsp3) is 0.278. The number of hydrogen-bond donors (Lipinski definition) is 1. The molecule has 0 spiro atoms. The van der Waals surface area contributed by atoms with Gasteiger partial charge in [0.25, 0.3) is 0 Å². The number of benzene rings is 2. The van der Waals surface area contributed by atoms with Crippen LogP contribution in [0.3, 0.4) is 0 Å². The van der Waals surface area contributed by atoms with Crippen molar-refractivity contribution in [2.75, 3.05) is 18.9 Å². The van der Waals surface area contributed by atoms with Gasteiger partial charge in [0.05, 0.1) is 12.0 Å². The molecular formula is C18H22ClN3. The molecule has 2 rings (SSSR count). The molecule has 0 amide bonds. The van der Waals surface area contributed by atoms with Crippen molar-refractivity contribution in [1.82, 2.24) is 4.90 Å². The third kappa shape index (κ3) is 4.25. The minimum Gasteiger partial charge on any atom is -0.366 e. The zero-order valence-electron chi connectivity index (χ0n) is 13.5. The molecule has 22 heavy (non-hydrogen) atoms. The predicted molar refractivity (Wildman–Crippen MR) is 97.1 cm³/mol. The van der Waals surface area contributed by atoms with Crippen LogP contribution < -0.4 is 5.32 Å². The lowest BCUT2D eigenvalue weighted by atomic mass is 10.1. The average Bonchev–Trinajstić information content (AvgIpc) is 2.51. The van der Waals surface area contributed by atoms with Gasteiger partial charge in [-0.15, -0.1) is 0 Å². The van der Waals surface area contributed by atoms with Crippen molar-refractivity contribution in [3.8, 4) is 0 Å². The standard InChI is InChI=1S/C18H22ClN3/c1-5-22(4)12-20-17-10-14(3)18(11-13(17)2)21-16-8-6-15(19)7-9-16/h6-12,21H,5H2,1-4H3. The molecule has 0 heterocycles. The van der Waals surface area contributed by atoms with Gasteiger partial charge in [0.15, 0.2) is 0 Å². The van der Waals surface area contributed by atoms with E-state index >= 15 is 0 Å². The molecule has 4 heteroatoms. The van der Waals surface area contributed by atoms with Gasteiger partial charge in [0.1, 0.15) is 0 Å². The molecule has 2 aromatic rings. The Bertz CT molecular complexity index is 663. The summed E-state index contributed by atoms with van der Waals surface area (Å²) in [5.74, 6) is 0. The number of anilines is 2. The van der Waals surface area contributed by atoms with Crippen molar-refractivity contribution in [1.29, 1.82) is 0 Å². The van der Waals surface area contributed by atoms with Gasteiger partial charge < -0.3 is 10.2 Å². The Morgan fingerprint density at radius 2 is 1.82 bits per heavy atom. The summed E-state index contributed by atoms with van der Waals surface area (Å²) in [6.45, 7) is 7.20. The van der Waals surface area contributed by atoms with E-state index in [1.807, 2.05) is 37.7 Å². The molecule has 0 aliphatic carbocycles. The Morgan fingerprint density at radius 3 is 2.45 bits per heavy atom. The number of halogens is 1. The van der Waals surface area contributed by atoms with E-state index in [9.17, 15) is 0 Å². The molecule has 0 aliphatic rings. The Balaban J connectivity index is 2.22. The molecule has 0 saturated heterocycles. The van der Waals surface area contributed by atoms with Crippen LogP contribution >= 0.6 is 11.6 Å². The summed E-state index contributed by atoms with van der Waals surface area (Å²) in [7, 11) is 2.02. The fourth-order valence-corrected chi connectivity index (χ4v) is 2.13. The zero-order chi connectivity index (χ0) is 16.1. The Kier molecular flexibility index (Phi) is 5.45. The number of aryl methyl sites for hydroxylation is 2.